The van der Waals surface area contributed by atoms with Crippen molar-refractivity contribution in [2.24, 2.45) is 7.05 Å². The summed E-state index contributed by atoms with van der Waals surface area (Å²) >= 11 is 0. The van der Waals surface area contributed by atoms with Crippen LogP contribution in [0.4, 0.5) is 0 Å². The number of carbonyl (C=O) groups is 1. The number of carbonyl (C=O) groups excluding carboxylic acids is 1. The molecular weight excluding hydrogens is 280 g/mol. The summed E-state index contributed by atoms with van der Waals surface area (Å²) in [5.41, 5.74) is 1.94. The number of amides is 1. The SMILES string of the molecule is CCc1nc(C)c(C(=O)N2CCC(c3ccnn3C)CC2)o1. The van der Waals surface area contributed by atoms with E-state index >= 15 is 0 Å². The molecule has 0 unspecified atom stereocenters. The summed E-state index contributed by atoms with van der Waals surface area (Å²) in [5, 5.41) is 4.23. The van der Waals surface area contributed by atoms with Crippen molar-refractivity contribution in [3.05, 3.63) is 35.3 Å². The molecule has 3 heterocycles. The van der Waals surface area contributed by atoms with Crippen LogP contribution in [0.3, 0.4) is 0 Å². The highest BCUT2D eigenvalue weighted by atomic mass is 16.4. The first-order valence-electron chi connectivity index (χ1n) is 7.83. The molecule has 0 radical (unpaired) electrons. The van der Waals surface area contributed by atoms with Crippen molar-refractivity contribution < 1.29 is 9.21 Å². The molecule has 1 saturated heterocycles. The number of aromatic nitrogens is 3. The third-order valence-corrected chi connectivity index (χ3v) is 4.40. The zero-order valence-electron chi connectivity index (χ0n) is 13.4. The average molecular weight is 302 g/mol. The fraction of sp³-hybridized carbons (Fsp3) is 0.562. The molecule has 0 spiro atoms. The van der Waals surface area contributed by atoms with Crippen LogP contribution in [-0.2, 0) is 13.5 Å². The van der Waals surface area contributed by atoms with Crippen molar-refractivity contribution in [2.75, 3.05) is 13.1 Å². The molecule has 1 aliphatic heterocycles. The molecule has 22 heavy (non-hydrogen) atoms. The van der Waals surface area contributed by atoms with Gasteiger partial charge in [-0.2, -0.15) is 5.10 Å². The quantitative estimate of drug-likeness (QED) is 0.872. The second-order valence-corrected chi connectivity index (χ2v) is 5.82. The second-order valence-electron chi connectivity index (χ2n) is 5.82. The van der Waals surface area contributed by atoms with E-state index in [4.69, 9.17) is 4.42 Å². The van der Waals surface area contributed by atoms with E-state index in [0.29, 0.717) is 29.7 Å². The van der Waals surface area contributed by atoms with E-state index in [-0.39, 0.29) is 5.91 Å². The fourth-order valence-electron chi connectivity index (χ4n) is 3.11. The van der Waals surface area contributed by atoms with Gasteiger partial charge in [0.1, 0.15) is 0 Å². The molecule has 6 heteroatoms. The maximum atomic E-state index is 12.6. The van der Waals surface area contributed by atoms with Crippen molar-refractivity contribution in [3.63, 3.8) is 0 Å². The molecule has 0 aromatic carbocycles. The topological polar surface area (TPSA) is 64.2 Å². The number of oxazole rings is 1. The smallest absolute Gasteiger partial charge is 0.291 e. The van der Waals surface area contributed by atoms with Crippen LogP contribution in [0.15, 0.2) is 16.7 Å². The molecule has 3 rings (SSSR count). The summed E-state index contributed by atoms with van der Waals surface area (Å²) in [4.78, 5) is 18.7. The lowest BCUT2D eigenvalue weighted by molar-refractivity contribution is 0.0676. The molecule has 0 N–H and O–H groups in total. The van der Waals surface area contributed by atoms with E-state index < -0.39 is 0 Å². The van der Waals surface area contributed by atoms with Gasteiger partial charge in [0.15, 0.2) is 5.89 Å². The van der Waals surface area contributed by atoms with E-state index in [2.05, 4.69) is 16.1 Å². The molecule has 1 fully saturated rings. The van der Waals surface area contributed by atoms with Gasteiger partial charge in [0, 0.05) is 44.4 Å². The van der Waals surface area contributed by atoms with Crippen molar-refractivity contribution in [1.29, 1.82) is 0 Å². The van der Waals surface area contributed by atoms with Crippen LogP contribution in [0.5, 0.6) is 0 Å². The molecule has 0 aliphatic carbocycles. The predicted octanol–water partition coefficient (Wildman–Crippen LogP) is 2.30. The first kappa shape index (κ1) is 14.8. The summed E-state index contributed by atoms with van der Waals surface area (Å²) in [7, 11) is 1.97. The van der Waals surface area contributed by atoms with E-state index in [1.165, 1.54) is 5.69 Å². The summed E-state index contributed by atoms with van der Waals surface area (Å²) in [5.74, 6) is 1.47. The normalized spacial score (nSPS) is 16.2. The first-order chi connectivity index (χ1) is 10.6. The number of hydrogen-bond donors (Lipinski definition) is 0. The highest BCUT2D eigenvalue weighted by molar-refractivity contribution is 5.92. The third-order valence-electron chi connectivity index (χ3n) is 4.40. The minimum absolute atomic E-state index is 0.0341. The van der Waals surface area contributed by atoms with Crippen molar-refractivity contribution >= 4 is 5.91 Å². The predicted molar refractivity (Wildman–Crippen MR) is 81.7 cm³/mol. The fourth-order valence-corrected chi connectivity index (χ4v) is 3.11. The monoisotopic (exact) mass is 302 g/mol. The lowest BCUT2D eigenvalue weighted by Crippen LogP contribution is -2.38. The average Bonchev–Trinajstić information content (AvgIpc) is 3.12. The van der Waals surface area contributed by atoms with Crippen molar-refractivity contribution in [2.45, 2.75) is 39.0 Å². The second kappa shape index (κ2) is 5.94. The molecule has 1 amide bonds. The Bertz CT molecular complexity index is 665. The number of likely N-dealkylation sites (tertiary alicyclic amines) is 1. The lowest BCUT2D eigenvalue weighted by atomic mass is 9.93. The summed E-state index contributed by atoms with van der Waals surface area (Å²) < 4.78 is 7.51. The van der Waals surface area contributed by atoms with Crippen LogP contribution in [-0.4, -0.2) is 38.7 Å². The summed E-state index contributed by atoms with van der Waals surface area (Å²) in [6.07, 6.45) is 4.45. The molecule has 2 aromatic heterocycles. The van der Waals surface area contributed by atoms with Crippen LogP contribution < -0.4 is 0 Å². The van der Waals surface area contributed by atoms with Gasteiger partial charge >= 0.3 is 0 Å². The Morgan fingerprint density at radius 1 is 1.41 bits per heavy atom. The van der Waals surface area contributed by atoms with Gasteiger partial charge in [-0.25, -0.2) is 4.98 Å². The summed E-state index contributed by atoms with van der Waals surface area (Å²) in [6, 6.07) is 2.07. The van der Waals surface area contributed by atoms with Crippen LogP contribution in [0.2, 0.25) is 0 Å². The summed E-state index contributed by atoms with van der Waals surface area (Å²) in [6.45, 7) is 5.30. The van der Waals surface area contributed by atoms with Gasteiger partial charge in [0.25, 0.3) is 5.91 Å². The molecule has 0 atom stereocenters. The minimum Gasteiger partial charge on any atom is -0.435 e. The Morgan fingerprint density at radius 3 is 2.68 bits per heavy atom. The number of hydrogen-bond acceptors (Lipinski definition) is 4. The Labute approximate surface area is 130 Å². The largest absolute Gasteiger partial charge is 0.435 e. The molecule has 6 nitrogen and oxygen atoms in total. The molecule has 1 aliphatic rings. The van der Waals surface area contributed by atoms with Gasteiger partial charge in [0.2, 0.25) is 5.76 Å². The maximum absolute atomic E-state index is 12.6. The van der Waals surface area contributed by atoms with Gasteiger partial charge in [-0.1, -0.05) is 6.92 Å². The molecule has 118 valence electrons. The van der Waals surface area contributed by atoms with E-state index in [0.717, 1.165) is 25.9 Å². The Balaban J connectivity index is 1.67. The number of rotatable bonds is 3. The number of aryl methyl sites for hydroxylation is 3. The Hall–Kier alpha value is -2.11. The Morgan fingerprint density at radius 2 is 2.14 bits per heavy atom. The lowest BCUT2D eigenvalue weighted by Gasteiger charge is -2.31. The van der Waals surface area contributed by atoms with Gasteiger partial charge in [-0.15, -0.1) is 0 Å². The number of nitrogens with zero attached hydrogens (tertiary/aromatic N) is 4. The minimum atomic E-state index is -0.0341. The van der Waals surface area contributed by atoms with Crippen LogP contribution in [0.1, 0.15) is 53.5 Å². The first-order valence-corrected chi connectivity index (χ1v) is 7.83. The standard InChI is InChI=1S/C16H22N4O2/c1-4-14-18-11(2)15(22-14)16(21)20-9-6-12(7-10-20)13-5-8-17-19(13)3/h5,8,12H,4,6-7,9-10H2,1-3H3. The van der Waals surface area contributed by atoms with E-state index in [1.807, 2.05) is 36.7 Å². The highest BCUT2D eigenvalue weighted by Gasteiger charge is 2.28. The highest BCUT2D eigenvalue weighted by Crippen LogP contribution is 2.28. The Kier molecular flexibility index (Phi) is 4.00. The van der Waals surface area contributed by atoms with Crippen molar-refractivity contribution in [3.8, 4) is 0 Å². The molecular formula is C16H22N4O2. The van der Waals surface area contributed by atoms with Crippen LogP contribution in [0.25, 0.3) is 0 Å². The zero-order valence-corrected chi connectivity index (χ0v) is 13.4. The van der Waals surface area contributed by atoms with E-state index in [9.17, 15) is 4.79 Å². The van der Waals surface area contributed by atoms with Gasteiger partial charge in [-0.3, -0.25) is 9.48 Å². The zero-order chi connectivity index (χ0) is 15.7. The molecule has 2 aromatic rings. The van der Waals surface area contributed by atoms with E-state index in [1.54, 1.807) is 0 Å². The number of piperidine rings is 1. The van der Waals surface area contributed by atoms with Gasteiger partial charge in [0.05, 0.1) is 5.69 Å². The maximum Gasteiger partial charge on any atom is 0.291 e. The third kappa shape index (κ3) is 2.65. The van der Waals surface area contributed by atoms with Crippen LogP contribution >= 0.6 is 0 Å². The van der Waals surface area contributed by atoms with Gasteiger partial charge < -0.3 is 9.32 Å². The van der Waals surface area contributed by atoms with Crippen molar-refractivity contribution in [1.82, 2.24) is 19.7 Å². The molecule has 0 saturated carbocycles. The van der Waals surface area contributed by atoms with Gasteiger partial charge in [-0.05, 0) is 25.8 Å². The molecule has 0 bridgehead atoms. The van der Waals surface area contributed by atoms with Crippen LogP contribution in [0, 0.1) is 6.92 Å².